The Kier molecular flexibility index (Phi) is 2.33. The van der Waals surface area contributed by atoms with Gasteiger partial charge in [-0.2, -0.15) is 5.10 Å². The van der Waals surface area contributed by atoms with Gasteiger partial charge in [0.05, 0.1) is 11.6 Å². The Morgan fingerprint density at radius 1 is 1.31 bits per heavy atom. The number of nitrogen functional groups attached to an aromatic ring is 1. The van der Waals surface area contributed by atoms with Crippen molar-refractivity contribution in [3.8, 4) is 0 Å². The molecule has 2 heterocycles. The van der Waals surface area contributed by atoms with E-state index in [1.165, 1.54) is 0 Å². The number of anilines is 1. The molecule has 2 N–H and O–H groups in total. The number of rotatable bonds is 1. The first-order valence-electron chi connectivity index (χ1n) is 5.32. The van der Waals surface area contributed by atoms with E-state index in [9.17, 15) is 0 Å². The molecule has 0 aliphatic heterocycles. The van der Waals surface area contributed by atoms with Crippen molar-refractivity contribution < 1.29 is 0 Å². The molecule has 0 atom stereocenters. The van der Waals surface area contributed by atoms with E-state index in [1.807, 2.05) is 11.6 Å². The van der Waals surface area contributed by atoms with Crippen molar-refractivity contribution in [1.29, 1.82) is 0 Å². The molecule has 5 heteroatoms. The number of aromatic nitrogens is 4. The van der Waals surface area contributed by atoms with Crippen LogP contribution in [-0.2, 0) is 6.54 Å². The van der Waals surface area contributed by atoms with E-state index in [0.29, 0.717) is 11.6 Å². The molecule has 0 aromatic carbocycles. The SMILES string of the molecule is Cc1nc(N)c2cnn(CC(C)(C)C)c2n1. The van der Waals surface area contributed by atoms with Gasteiger partial charge in [-0.25, -0.2) is 14.6 Å². The molecule has 0 spiro atoms. The van der Waals surface area contributed by atoms with Crippen molar-refractivity contribution >= 4 is 16.9 Å². The van der Waals surface area contributed by atoms with Gasteiger partial charge in [0.2, 0.25) is 0 Å². The maximum Gasteiger partial charge on any atom is 0.163 e. The van der Waals surface area contributed by atoms with Gasteiger partial charge in [-0.05, 0) is 12.3 Å². The van der Waals surface area contributed by atoms with Crippen molar-refractivity contribution in [2.45, 2.75) is 34.2 Å². The number of nitrogens with zero attached hydrogens (tertiary/aromatic N) is 4. The Morgan fingerprint density at radius 3 is 2.62 bits per heavy atom. The summed E-state index contributed by atoms with van der Waals surface area (Å²) in [7, 11) is 0. The third kappa shape index (κ3) is 1.98. The normalized spacial score (nSPS) is 12.2. The molecule has 0 saturated heterocycles. The van der Waals surface area contributed by atoms with Crippen LogP contribution in [0.5, 0.6) is 0 Å². The number of nitrogens with two attached hydrogens (primary N) is 1. The predicted molar refractivity (Wildman–Crippen MR) is 63.9 cm³/mol. The highest BCUT2D eigenvalue weighted by Crippen LogP contribution is 2.21. The van der Waals surface area contributed by atoms with Crippen LogP contribution in [-0.4, -0.2) is 19.7 Å². The summed E-state index contributed by atoms with van der Waals surface area (Å²) in [6.07, 6.45) is 1.73. The molecule has 5 nitrogen and oxygen atoms in total. The molecule has 0 fully saturated rings. The summed E-state index contributed by atoms with van der Waals surface area (Å²) < 4.78 is 1.89. The number of hydrogen-bond acceptors (Lipinski definition) is 4. The summed E-state index contributed by atoms with van der Waals surface area (Å²) >= 11 is 0. The second-order valence-electron chi connectivity index (χ2n) is 5.26. The monoisotopic (exact) mass is 219 g/mol. The van der Waals surface area contributed by atoms with Crippen LogP contribution in [0.4, 0.5) is 5.82 Å². The Morgan fingerprint density at radius 2 is 2.00 bits per heavy atom. The zero-order valence-corrected chi connectivity index (χ0v) is 10.2. The van der Waals surface area contributed by atoms with Crippen LogP contribution in [0.1, 0.15) is 26.6 Å². The fraction of sp³-hybridized carbons (Fsp3) is 0.545. The first-order valence-corrected chi connectivity index (χ1v) is 5.32. The summed E-state index contributed by atoms with van der Waals surface area (Å²) in [5.74, 6) is 1.18. The molecular formula is C11H17N5. The second kappa shape index (κ2) is 3.43. The van der Waals surface area contributed by atoms with Crippen LogP contribution in [0.25, 0.3) is 11.0 Å². The lowest BCUT2D eigenvalue weighted by molar-refractivity contribution is 0.330. The lowest BCUT2D eigenvalue weighted by Crippen LogP contribution is -2.17. The van der Waals surface area contributed by atoms with E-state index in [1.54, 1.807) is 6.20 Å². The Hall–Kier alpha value is -1.65. The lowest BCUT2D eigenvalue weighted by Gasteiger charge is -2.18. The molecular weight excluding hydrogens is 202 g/mol. The molecule has 86 valence electrons. The van der Waals surface area contributed by atoms with E-state index >= 15 is 0 Å². The lowest BCUT2D eigenvalue weighted by atomic mass is 9.97. The van der Waals surface area contributed by atoms with Crippen molar-refractivity contribution in [3.63, 3.8) is 0 Å². The Balaban J connectivity index is 2.56. The maximum atomic E-state index is 5.83. The summed E-state index contributed by atoms with van der Waals surface area (Å²) in [4.78, 5) is 8.51. The Bertz CT molecular complexity index is 521. The maximum absolute atomic E-state index is 5.83. The van der Waals surface area contributed by atoms with Gasteiger partial charge in [-0.1, -0.05) is 20.8 Å². The zero-order valence-electron chi connectivity index (χ0n) is 10.2. The standard InChI is InChI=1S/C11H17N5/c1-7-14-9(12)8-5-13-16(10(8)15-7)6-11(2,3)4/h5H,6H2,1-4H3,(H2,12,14,15). The van der Waals surface area contributed by atoms with Gasteiger partial charge in [-0.3, -0.25) is 0 Å². The van der Waals surface area contributed by atoms with Gasteiger partial charge in [0.15, 0.2) is 5.65 Å². The van der Waals surface area contributed by atoms with Gasteiger partial charge in [0.25, 0.3) is 0 Å². The van der Waals surface area contributed by atoms with Gasteiger partial charge < -0.3 is 5.73 Å². The molecule has 0 aliphatic carbocycles. The largest absolute Gasteiger partial charge is 0.383 e. The topological polar surface area (TPSA) is 69.6 Å². The van der Waals surface area contributed by atoms with Crippen LogP contribution >= 0.6 is 0 Å². The van der Waals surface area contributed by atoms with Gasteiger partial charge in [0, 0.05) is 6.54 Å². The molecule has 0 amide bonds. The van der Waals surface area contributed by atoms with Crippen LogP contribution in [0, 0.1) is 12.3 Å². The average molecular weight is 219 g/mol. The van der Waals surface area contributed by atoms with E-state index in [2.05, 4.69) is 35.8 Å². The summed E-state index contributed by atoms with van der Waals surface area (Å²) in [5, 5.41) is 5.15. The molecule has 16 heavy (non-hydrogen) atoms. The smallest absolute Gasteiger partial charge is 0.163 e. The van der Waals surface area contributed by atoms with E-state index in [-0.39, 0.29) is 5.41 Å². The van der Waals surface area contributed by atoms with E-state index < -0.39 is 0 Å². The molecule has 2 rings (SSSR count). The summed E-state index contributed by atoms with van der Waals surface area (Å²) in [5.41, 5.74) is 6.81. The van der Waals surface area contributed by atoms with E-state index in [4.69, 9.17) is 5.73 Å². The Labute approximate surface area is 94.7 Å². The first-order chi connectivity index (χ1) is 7.37. The number of hydrogen-bond donors (Lipinski definition) is 1. The number of fused-ring (bicyclic) bond motifs is 1. The number of aryl methyl sites for hydroxylation is 1. The second-order valence-corrected chi connectivity index (χ2v) is 5.26. The van der Waals surface area contributed by atoms with Gasteiger partial charge in [-0.15, -0.1) is 0 Å². The van der Waals surface area contributed by atoms with Crippen LogP contribution in [0.2, 0.25) is 0 Å². The van der Waals surface area contributed by atoms with Crippen LogP contribution in [0.3, 0.4) is 0 Å². The molecule has 0 saturated carbocycles. The highest BCUT2D eigenvalue weighted by molar-refractivity contribution is 5.84. The summed E-state index contributed by atoms with van der Waals surface area (Å²) in [6.45, 7) is 9.14. The third-order valence-electron chi connectivity index (χ3n) is 2.26. The minimum absolute atomic E-state index is 0.159. The highest BCUT2D eigenvalue weighted by Gasteiger charge is 2.16. The van der Waals surface area contributed by atoms with Gasteiger partial charge in [0.1, 0.15) is 11.6 Å². The van der Waals surface area contributed by atoms with Crippen molar-refractivity contribution in [2.24, 2.45) is 5.41 Å². The molecule has 2 aromatic heterocycles. The first kappa shape index (κ1) is 10.9. The predicted octanol–water partition coefficient (Wildman–Crippen LogP) is 1.76. The van der Waals surface area contributed by atoms with Crippen molar-refractivity contribution in [2.75, 3.05) is 5.73 Å². The minimum atomic E-state index is 0.159. The van der Waals surface area contributed by atoms with Crippen LogP contribution in [0.15, 0.2) is 6.20 Å². The zero-order chi connectivity index (χ0) is 11.9. The van der Waals surface area contributed by atoms with Gasteiger partial charge >= 0.3 is 0 Å². The fourth-order valence-corrected chi connectivity index (χ4v) is 1.66. The molecule has 0 aliphatic rings. The fourth-order valence-electron chi connectivity index (χ4n) is 1.66. The molecule has 0 unspecified atom stereocenters. The van der Waals surface area contributed by atoms with Crippen molar-refractivity contribution in [1.82, 2.24) is 19.7 Å². The molecule has 0 bridgehead atoms. The van der Waals surface area contributed by atoms with Crippen molar-refractivity contribution in [3.05, 3.63) is 12.0 Å². The average Bonchev–Trinajstić information content (AvgIpc) is 2.46. The highest BCUT2D eigenvalue weighted by atomic mass is 15.3. The third-order valence-corrected chi connectivity index (χ3v) is 2.26. The molecule has 0 radical (unpaired) electrons. The quantitative estimate of drug-likeness (QED) is 0.793. The minimum Gasteiger partial charge on any atom is -0.383 e. The molecule has 2 aromatic rings. The summed E-state index contributed by atoms with van der Waals surface area (Å²) in [6, 6.07) is 0. The van der Waals surface area contributed by atoms with E-state index in [0.717, 1.165) is 17.6 Å². The van der Waals surface area contributed by atoms with Crippen LogP contribution < -0.4 is 5.73 Å².